The molecule has 2 rings (SSSR count). The zero-order valence-corrected chi connectivity index (χ0v) is 15.3. The Morgan fingerprint density at radius 3 is 2.44 bits per heavy atom. The molecular formula is C18H24F3NO2S. The highest BCUT2D eigenvalue weighted by atomic mass is 32.2. The Morgan fingerprint density at radius 2 is 1.88 bits per heavy atom. The highest BCUT2D eigenvalue weighted by molar-refractivity contribution is 7.91. The number of halogens is 3. The molecule has 0 unspecified atom stereocenters. The summed E-state index contributed by atoms with van der Waals surface area (Å²) in [7, 11) is -3.79. The third kappa shape index (κ3) is 5.31. The van der Waals surface area contributed by atoms with Crippen molar-refractivity contribution in [2.24, 2.45) is 0 Å². The molecule has 0 aromatic heterocycles. The quantitative estimate of drug-likeness (QED) is 0.728. The highest BCUT2D eigenvalue weighted by Crippen LogP contribution is 2.33. The maximum atomic E-state index is 12.4. The lowest BCUT2D eigenvalue weighted by molar-refractivity contribution is -0.0799. The second kappa shape index (κ2) is 7.91. The van der Waals surface area contributed by atoms with Gasteiger partial charge in [-0.3, -0.25) is 0 Å². The number of likely N-dealkylation sites (tertiary alicyclic amines) is 1. The number of hydrogen-bond donors (Lipinski definition) is 0. The van der Waals surface area contributed by atoms with Crippen LogP contribution in [0.2, 0.25) is 0 Å². The maximum absolute atomic E-state index is 12.4. The van der Waals surface area contributed by atoms with E-state index >= 15 is 0 Å². The zero-order valence-electron chi connectivity index (χ0n) is 14.5. The van der Waals surface area contributed by atoms with E-state index in [2.05, 4.69) is 11.8 Å². The molecule has 1 saturated heterocycles. The molecule has 7 heteroatoms. The molecule has 0 amide bonds. The van der Waals surface area contributed by atoms with Crippen LogP contribution < -0.4 is 0 Å². The average molecular weight is 375 g/mol. The summed E-state index contributed by atoms with van der Waals surface area (Å²) in [4.78, 5) is 2.49. The van der Waals surface area contributed by atoms with Crippen LogP contribution in [0.5, 0.6) is 0 Å². The van der Waals surface area contributed by atoms with Crippen LogP contribution in [0.4, 0.5) is 13.2 Å². The summed E-state index contributed by atoms with van der Waals surface area (Å²) in [6.45, 7) is 6.83. The third-order valence-electron chi connectivity index (χ3n) is 4.76. The summed E-state index contributed by atoms with van der Waals surface area (Å²) in [5, 5.41) is 0. The van der Waals surface area contributed by atoms with Gasteiger partial charge in [-0.1, -0.05) is 25.1 Å². The van der Waals surface area contributed by atoms with Gasteiger partial charge in [0, 0.05) is 6.08 Å². The fourth-order valence-corrected chi connectivity index (χ4v) is 4.77. The van der Waals surface area contributed by atoms with Crippen LogP contribution in [0.3, 0.4) is 0 Å². The average Bonchev–Trinajstić information content (AvgIpc) is 2.53. The van der Waals surface area contributed by atoms with Gasteiger partial charge in [-0.2, -0.15) is 13.2 Å². The molecule has 1 aromatic carbocycles. The van der Waals surface area contributed by atoms with Gasteiger partial charge in [0.25, 0.3) is 0 Å². The maximum Gasteiger partial charge on any atom is 0.409 e. The largest absolute Gasteiger partial charge is 0.409 e. The van der Waals surface area contributed by atoms with Crippen LogP contribution in [0, 0.1) is 6.92 Å². The van der Waals surface area contributed by atoms with E-state index in [0.717, 1.165) is 38.0 Å². The van der Waals surface area contributed by atoms with Gasteiger partial charge < -0.3 is 4.90 Å². The summed E-state index contributed by atoms with van der Waals surface area (Å²) >= 11 is 0. The number of nitrogens with zero attached hydrogens (tertiary/aromatic N) is 1. The molecule has 1 heterocycles. The predicted molar refractivity (Wildman–Crippen MR) is 92.5 cm³/mol. The lowest BCUT2D eigenvalue weighted by Crippen LogP contribution is -2.32. The van der Waals surface area contributed by atoms with Gasteiger partial charge in [-0.15, -0.1) is 0 Å². The SMILES string of the molecule is CCN1CCC(c2cccc(S(=O)(=O)CC=CC(F)(F)F)c2C)CC1. The first kappa shape index (κ1) is 20.0. The minimum Gasteiger partial charge on any atom is -0.304 e. The fourth-order valence-electron chi connectivity index (χ4n) is 3.37. The first-order chi connectivity index (χ1) is 11.6. The van der Waals surface area contributed by atoms with Crippen LogP contribution in [0.1, 0.15) is 36.8 Å². The van der Waals surface area contributed by atoms with E-state index in [9.17, 15) is 21.6 Å². The van der Waals surface area contributed by atoms with Crippen LogP contribution in [0.25, 0.3) is 0 Å². The van der Waals surface area contributed by atoms with E-state index in [1.165, 1.54) is 6.07 Å². The van der Waals surface area contributed by atoms with Crippen molar-refractivity contribution in [2.45, 2.75) is 43.7 Å². The number of piperidine rings is 1. The molecule has 0 radical (unpaired) electrons. The Hall–Kier alpha value is -1.34. The Balaban J connectivity index is 2.21. The minimum absolute atomic E-state index is 0.0236. The monoisotopic (exact) mass is 375 g/mol. The molecule has 140 valence electrons. The molecule has 3 nitrogen and oxygen atoms in total. The Morgan fingerprint density at radius 1 is 1.24 bits per heavy atom. The molecule has 1 aliphatic heterocycles. The molecule has 0 spiro atoms. The lowest BCUT2D eigenvalue weighted by atomic mass is 9.87. The van der Waals surface area contributed by atoms with E-state index in [4.69, 9.17) is 0 Å². The van der Waals surface area contributed by atoms with Crippen molar-refractivity contribution >= 4 is 9.84 Å². The van der Waals surface area contributed by atoms with Crippen molar-refractivity contribution < 1.29 is 21.6 Å². The molecule has 25 heavy (non-hydrogen) atoms. The first-order valence-electron chi connectivity index (χ1n) is 8.43. The van der Waals surface area contributed by atoms with E-state index < -0.39 is 21.8 Å². The summed E-state index contributed by atoms with van der Waals surface area (Å²) < 4.78 is 61.5. The number of benzene rings is 1. The van der Waals surface area contributed by atoms with Gasteiger partial charge in [-0.05, 0) is 62.5 Å². The van der Waals surface area contributed by atoms with E-state index in [1.807, 2.05) is 6.07 Å². The van der Waals surface area contributed by atoms with Crippen molar-refractivity contribution in [3.8, 4) is 0 Å². The number of alkyl halides is 3. The number of allylic oxidation sites excluding steroid dienone is 1. The van der Waals surface area contributed by atoms with E-state index in [1.54, 1.807) is 13.0 Å². The van der Waals surface area contributed by atoms with Crippen molar-refractivity contribution in [1.29, 1.82) is 0 Å². The molecule has 1 aromatic rings. The fraction of sp³-hybridized carbons (Fsp3) is 0.556. The first-order valence-corrected chi connectivity index (χ1v) is 10.1. The van der Waals surface area contributed by atoms with Crippen molar-refractivity contribution in [2.75, 3.05) is 25.4 Å². The molecule has 0 aliphatic carbocycles. The predicted octanol–water partition coefficient (Wildman–Crippen LogP) is 4.09. The number of sulfone groups is 1. The van der Waals surface area contributed by atoms with Crippen LogP contribution >= 0.6 is 0 Å². The Kier molecular flexibility index (Phi) is 6.32. The molecule has 0 atom stereocenters. The smallest absolute Gasteiger partial charge is 0.304 e. The van der Waals surface area contributed by atoms with E-state index in [-0.39, 0.29) is 11.0 Å². The summed E-state index contributed by atoms with van der Waals surface area (Å²) in [6.07, 6.45) is -1.93. The molecule has 0 N–H and O–H groups in total. The molecular weight excluding hydrogens is 351 g/mol. The van der Waals surface area contributed by atoms with Crippen molar-refractivity contribution in [3.63, 3.8) is 0 Å². The summed E-state index contributed by atoms with van der Waals surface area (Å²) in [5.74, 6) is -0.353. The molecule has 0 saturated carbocycles. The summed E-state index contributed by atoms with van der Waals surface area (Å²) in [5.41, 5.74) is 1.66. The zero-order chi connectivity index (χ0) is 18.7. The normalized spacial score (nSPS) is 18.1. The van der Waals surface area contributed by atoms with Crippen LogP contribution in [-0.2, 0) is 9.84 Å². The standard InChI is InChI=1S/C18H24F3NO2S/c1-3-22-11-8-15(9-12-22)16-6-4-7-17(14(16)2)25(23,24)13-5-10-18(19,20)21/h4-7,10,15H,3,8-9,11-13H2,1-2H3. The Labute approximate surface area is 147 Å². The summed E-state index contributed by atoms with van der Waals surface area (Å²) in [6, 6.07) is 5.11. The molecule has 1 aliphatic rings. The van der Waals surface area contributed by atoms with Gasteiger partial charge in [0.05, 0.1) is 10.6 Å². The number of rotatable bonds is 5. The lowest BCUT2D eigenvalue weighted by Gasteiger charge is -2.32. The Bertz CT molecular complexity index is 718. The second-order valence-electron chi connectivity index (χ2n) is 6.40. The third-order valence-corrected chi connectivity index (χ3v) is 6.50. The van der Waals surface area contributed by atoms with Gasteiger partial charge >= 0.3 is 6.18 Å². The van der Waals surface area contributed by atoms with Crippen LogP contribution in [0.15, 0.2) is 35.2 Å². The highest BCUT2D eigenvalue weighted by Gasteiger charge is 2.26. The van der Waals surface area contributed by atoms with Gasteiger partial charge in [0.15, 0.2) is 9.84 Å². The number of hydrogen-bond acceptors (Lipinski definition) is 3. The van der Waals surface area contributed by atoms with Gasteiger partial charge in [0.2, 0.25) is 0 Å². The van der Waals surface area contributed by atoms with E-state index in [0.29, 0.717) is 17.6 Å². The van der Waals surface area contributed by atoms with Gasteiger partial charge in [0.1, 0.15) is 0 Å². The molecule has 1 fully saturated rings. The topological polar surface area (TPSA) is 37.4 Å². The van der Waals surface area contributed by atoms with Gasteiger partial charge in [-0.25, -0.2) is 8.42 Å². The van der Waals surface area contributed by atoms with Crippen LogP contribution in [-0.4, -0.2) is 44.9 Å². The van der Waals surface area contributed by atoms with Crippen molar-refractivity contribution in [1.82, 2.24) is 4.90 Å². The van der Waals surface area contributed by atoms with Crippen molar-refractivity contribution in [3.05, 3.63) is 41.5 Å². The molecule has 0 bridgehead atoms. The minimum atomic E-state index is -4.50. The second-order valence-corrected chi connectivity index (χ2v) is 8.41.